The summed E-state index contributed by atoms with van der Waals surface area (Å²) in [4.78, 5) is 36.5. The van der Waals surface area contributed by atoms with Gasteiger partial charge in [0.15, 0.2) is 5.13 Å². The fourth-order valence-corrected chi connectivity index (χ4v) is 5.68. The maximum atomic E-state index is 13.9. The molecule has 1 aliphatic heterocycles. The van der Waals surface area contributed by atoms with Crippen molar-refractivity contribution in [3.63, 3.8) is 0 Å². The van der Waals surface area contributed by atoms with Crippen molar-refractivity contribution in [3.8, 4) is 28.3 Å². The van der Waals surface area contributed by atoms with Crippen molar-refractivity contribution < 1.29 is 19.4 Å². The van der Waals surface area contributed by atoms with Gasteiger partial charge in [-0.1, -0.05) is 66.7 Å². The number of carbonyl (C=O) groups excluding carboxylic acids is 1. The molecule has 0 bridgehead atoms. The van der Waals surface area contributed by atoms with Crippen LogP contribution in [0.3, 0.4) is 0 Å². The number of methoxy groups -OCH3 is 1. The zero-order valence-electron chi connectivity index (χ0n) is 20.9. The van der Waals surface area contributed by atoms with Gasteiger partial charge in [0, 0.05) is 35.3 Å². The molecule has 2 aromatic heterocycles. The summed E-state index contributed by atoms with van der Waals surface area (Å²) >= 11 is 1.38. The lowest BCUT2D eigenvalue weighted by molar-refractivity contribution is -0.141. The van der Waals surface area contributed by atoms with Gasteiger partial charge in [-0.15, -0.1) is 11.3 Å². The molecule has 0 radical (unpaired) electrons. The average Bonchev–Trinajstić information content (AvgIpc) is 3.43. The molecule has 0 aliphatic carbocycles. The number of aliphatic carboxylic acids is 1. The second kappa shape index (κ2) is 11.4. The quantitative estimate of drug-likeness (QED) is 0.295. The molecule has 7 nitrogen and oxygen atoms in total. The van der Waals surface area contributed by atoms with E-state index < -0.39 is 11.9 Å². The highest BCUT2D eigenvalue weighted by Crippen LogP contribution is 2.38. The SMILES string of the molecule is COc1ccc(-c2ccccc2-c2csc(N3C/C=C\C[C@H](c4ccccc4)[C@H](CC(=O)O)C3=O)n2)cn1. The van der Waals surface area contributed by atoms with Crippen LogP contribution in [0.25, 0.3) is 22.4 Å². The standard InChI is InChI=1S/C30H27N3O4S/c1-37-27-15-14-21(18-31-27)23-11-5-6-13-24(23)26-19-38-30(32-26)33-16-8-7-12-22(20-9-3-2-4-10-20)25(29(33)36)17-28(34)35/h2-11,13-15,18-19,22,25H,12,16-17H2,1H3,(H,34,35)/b8-7-/t22-,25+/m1/s1. The Kier molecular flexibility index (Phi) is 7.60. The summed E-state index contributed by atoms with van der Waals surface area (Å²) in [6.07, 6.45) is 6.12. The van der Waals surface area contributed by atoms with E-state index in [1.54, 1.807) is 18.2 Å². The number of carboxylic acids is 1. The van der Waals surface area contributed by atoms with Crippen molar-refractivity contribution in [2.24, 2.45) is 5.92 Å². The summed E-state index contributed by atoms with van der Waals surface area (Å²) in [5.41, 5.74) is 4.51. The van der Waals surface area contributed by atoms with Crippen LogP contribution in [0.15, 0.2) is 90.5 Å². The van der Waals surface area contributed by atoms with Gasteiger partial charge in [0.05, 0.1) is 25.1 Å². The Morgan fingerprint density at radius 3 is 2.53 bits per heavy atom. The van der Waals surface area contributed by atoms with Gasteiger partial charge in [-0.05, 0) is 29.5 Å². The topological polar surface area (TPSA) is 92.6 Å². The average molecular weight is 526 g/mol. The number of pyridine rings is 1. The van der Waals surface area contributed by atoms with E-state index in [1.807, 2.05) is 84.3 Å². The van der Waals surface area contributed by atoms with E-state index in [1.165, 1.54) is 11.3 Å². The Bertz CT molecular complexity index is 1450. The van der Waals surface area contributed by atoms with Gasteiger partial charge in [-0.2, -0.15) is 0 Å². The number of anilines is 1. The van der Waals surface area contributed by atoms with Crippen LogP contribution in [0.2, 0.25) is 0 Å². The molecule has 0 fully saturated rings. The van der Waals surface area contributed by atoms with Gasteiger partial charge in [-0.25, -0.2) is 9.97 Å². The summed E-state index contributed by atoms with van der Waals surface area (Å²) in [6, 6.07) is 21.3. The van der Waals surface area contributed by atoms with Crippen molar-refractivity contribution in [2.45, 2.75) is 18.8 Å². The molecular weight excluding hydrogens is 498 g/mol. The summed E-state index contributed by atoms with van der Waals surface area (Å²) in [5.74, 6) is -1.61. The predicted octanol–water partition coefficient (Wildman–Crippen LogP) is 6.05. The minimum Gasteiger partial charge on any atom is -0.481 e. The Labute approximate surface area is 225 Å². The fourth-order valence-electron chi connectivity index (χ4n) is 4.84. The van der Waals surface area contributed by atoms with Crippen LogP contribution in [0.5, 0.6) is 5.88 Å². The van der Waals surface area contributed by atoms with Crippen LogP contribution in [-0.4, -0.2) is 40.6 Å². The number of hydrogen-bond acceptors (Lipinski definition) is 6. The predicted molar refractivity (Wildman–Crippen MR) is 148 cm³/mol. The van der Waals surface area contributed by atoms with Crippen LogP contribution in [-0.2, 0) is 9.59 Å². The van der Waals surface area contributed by atoms with E-state index in [-0.39, 0.29) is 18.2 Å². The number of nitrogens with zero attached hydrogens (tertiary/aromatic N) is 3. The number of allylic oxidation sites excluding steroid dienone is 1. The first kappa shape index (κ1) is 25.4. The normalized spacial score (nSPS) is 18.4. The van der Waals surface area contributed by atoms with Gasteiger partial charge < -0.3 is 9.84 Å². The third-order valence-corrected chi connectivity index (χ3v) is 7.58. The van der Waals surface area contributed by atoms with E-state index >= 15 is 0 Å². The number of aromatic nitrogens is 2. The highest BCUT2D eigenvalue weighted by molar-refractivity contribution is 7.14. The van der Waals surface area contributed by atoms with Crippen LogP contribution >= 0.6 is 11.3 Å². The molecule has 192 valence electrons. The molecule has 3 heterocycles. The third kappa shape index (κ3) is 5.35. The van der Waals surface area contributed by atoms with E-state index in [2.05, 4.69) is 4.98 Å². The summed E-state index contributed by atoms with van der Waals surface area (Å²) in [7, 11) is 1.58. The van der Waals surface area contributed by atoms with Crippen LogP contribution in [0.4, 0.5) is 5.13 Å². The molecular formula is C30H27N3O4S. The number of ether oxygens (including phenoxy) is 1. The number of carboxylic acid groups (broad SMARTS) is 1. The zero-order chi connectivity index (χ0) is 26.5. The van der Waals surface area contributed by atoms with E-state index in [0.717, 1.165) is 27.9 Å². The number of thiazole rings is 1. The van der Waals surface area contributed by atoms with Crippen LogP contribution in [0, 0.1) is 5.92 Å². The molecule has 0 saturated carbocycles. The third-order valence-electron chi connectivity index (χ3n) is 6.72. The fraction of sp³-hybridized carbons (Fsp3) is 0.200. The van der Waals surface area contributed by atoms with Gasteiger partial charge >= 0.3 is 5.97 Å². The van der Waals surface area contributed by atoms with Gasteiger partial charge in [-0.3, -0.25) is 14.5 Å². The highest BCUT2D eigenvalue weighted by Gasteiger charge is 2.36. The van der Waals surface area contributed by atoms with Crippen molar-refractivity contribution in [1.82, 2.24) is 9.97 Å². The number of carbonyl (C=O) groups is 2. The minimum atomic E-state index is -0.990. The first-order valence-electron chi connectivity index (χ1n) is 12.3. The maximum Gasteiger partial charge on any atom is 0.304 e. The summed E-state index contributed by atoms with van der Waals surface area (Å²) in [6.45, 7) is 0.341. The second-order valence-corrected chi connectivity index (χ2v) is 9.86. The van der Waals surface area contributed by atoms with Gasteiger partial charge in [0.2, 0.25) is 11.8 Å². The lowest BCUT2D eigenvalue weighted by atomic mass is 9.80. The molecule has 8 heteroatoms. The van der Waals surface area contributed by atoms with Crippen molar-refractivity contribution >= 4 is 28.3 Å². The molecule has 0 unspecified atom stereocenters. The monoisotopic (exact) mass is 525 g/mol. The largest absolute Gasteiger partial charge is 0.481 e. The first-order chi connectivity index (χ1) is 18.5. The van der Waals surface area contributed by atoms with Crippen molar-refractivity contribution in [2.75, 3.05) is 18.6 Å². The number of amides is 1. The van der Waals surface area contributed by atoms with Crippen LogP contribution in [0.1, 0.15) is 24.3 Å². The minimum absolute atomic E-state index is 0.223. The van der Waals surface area contributed by atoms with Crippen LogP contribution < -0.4 is 9.64 Å². The molecule has 2 atom stereocenters. The van der Waals surface area contributed by atoms with Crippen molar-refractivity contribution in [1.29, 1.82) is 0 Å². The molecule has 4 aromatic rings. The molecule has 0 spiro atoms. The summed E-state index contributed by atoms with van der Waals surface area (Å²) < 4.78 is 5.19. The van der Waals surface area contributed by atoms with Crippen molar-refractivity contribution in [3.05, 3.63) is 96.0 Å². The number of hydrogen-bond donors (Lipinski definition) is 1. The van der Waals surface area contributed by atoms with Gasteiger partial charge in [0.1, 0.15) is 0 Å². The molecule has 1 amide bonds. The Morgan fingerprint density at radius 1 is 1.05 bits per heavy atom. The molecule has 1 aliphatic rings. The summed E-state index contributed by atoms with van der Waals surface area (Å²) in [5, 5.41) is 12.2. The van der Waals surface area contributed by atoms with E-state index in [0.29, 0.717) is 24.0 Å². The first-order valence-corrected chi connectivity index (χ1v) is 13.2. The number of rotatable bonds is 7. The number of benzene rings is 2. The lowest BCUT2D eigenvalue weighted by Crippen LogP contribution is -2.40. The van der Waals surface area contributed by atoms with Gasteiger partial charge in [0.25, 0.3) is 0 Å². The lowest BCUT2D eigenvalue weighted by Gasteiger charge is -2.31. The zero-order valence-corrected chi connectivity index (χ0v) is 21.7. The molecule has 1 N–H and O–H groups in total. The Hall–Kier alpha value is -4.30. The molecule has 38 heavy (non-hydrogen) atoms. The molecule has 0 saturated heterocycles. The Balaban J connectivity index is 1.49. The molecule has 2 aromatic carbocycles. The Morgan fingerprint density at radius 2 is 1.82 bits per heavy atom. The van der Waals surface area contributed by atoms with E-state index in [9.17, 15) is 14.7 Å². The maximum absolute atomic E-state index is 13.9. The smallest absolute Gasteiger partial charge is 0.304 e. The van der Waals surface area contributed by atoms with E-state index in [4.69, 9.17) is 9.72 Å². The highest BCUT2D eigenvalue weighted by atomic mass is 32.1. The second-order valence-electron chi connectivity index (χ2n) is 9.03. The molecule has 5 rings (SSSR count).